The van der Waals surface area contributed by atoms with Crippen LogP contribution in [-0.4, -0.2) is 78.9 Å². The molecule has 0 aromatic heterocycles. The van der Waals surface area contributed by atoms with E-state index in [1.807, 2.05) is 23.9 Å². The number of benzene rings is 1. The molecule has 2 heterocycles. The molecular formula is C18H24F3N3O. The zero-order chi connectivity index (χ0) is 18.2. The second kappa shape index (κ2) is 6.96. The van der Waals surface area contributed by atoms with Crippen LogP contribution in [0.25, 0.3) is 0 Å². The van der Waals surface area contributed by atoms with Gasteiger partial charge in [-0.25, -0.2) is 13.2 Å². The second-order valence-corrected chi connectivity index (χ2v) is 7.37. The molecule has 2 fully saturated rings. The van der Waals surface area contributed by atoms with Gasteiger partial charge in [0, 0.05) is 38.1 Å². The summed E-state index contributed by atoms with van der Waals surface area (Å²) in [5.41, 5.74) is 0.370. The Labute approximate surface area is 146 Å². The van der Waals surface area contributed by atoms with Crippen molar-refractivity contribution in [1.82, 2.24) is 14.7 Å². The van der Waals surface area contributed by atoms with Gasteiger partial charge in [0.1, 0.15) is 5.82 Å². The van der Waals surface area contributed by atoms with Crippen molar-refractivity contribution >= 4 is 5.91 Å². The van der Waals surface area contributed by atoms with E-state index < -0.39 is 11.7 Å². The molecule has 0 aliphatic carbocycles. The van der Waals surface area contributed by atoms with E-state index in [0.29, 0.717) is 25.2 Å². The SMILES string of the molecule is CN(C)C[C@@H]1CC(F)(F)CN1C1CN(C(=O)Cc2ccccc2F)C1. The summed E-state index contributed by atoms with van der Waals surface area (Å²) >= 11 is 0. The highest BCUT2D eigenvalue weighted by Crippen LogP contribution is 2.35. The Morgan fingerprint density at radius 2 is 1.96 bits per heavy atom. The van der Waals surface area contributed by atoms with Crippen LogP contribution in [0.3, 0.4) is 0 Å². The summed E-state index contributed by atoms with van der Waals surface area (Å²) in [6, 6.07) is 5.98. The van der Waals surface area contributed by atoms with Crippen molar-refractivity contribution in [1.29, 1.82) is 0 Å². The molecule has 7 heteroatoms. The summed E-state index contributed by atoms with van der Waals surface area (Å²) in [5, 5.41) is 0. The summed E-state index contributed by atoms with van der Waals surface area (Å²) in [7, 11) is 3.75. The third-order valence-corrected chi connectivity index (χ3v) is 4.98. The van der Waals surface area contributed by atoms with Gasteiger partial charge in [-0.2, -0.15) is 0 Å². The number of rotatable bonds is 5. The lowest BCUT2D eigenvalue weighted by Crippen LogP contribution is -2.63. The van der Waals surface area contributed by atoms with Crippen LogP contribution in [0, 0.1) is 5.82 Å². The first-order valence-corrected chi connectivity index (χ1v) is 8.54. The van der Waals surface area contributed by atoms with Gasteiger partial charge in [-0.05, 0) is 25.7 Å². The standard InChI is InChI=1S/C18H24F3N3O/c1-22(2)9-14-8-18(20,21)12-24(14)15-10-23(11-15)17(25)7-13-5-3-4-6-16(13)19/h3-6,14-15H,7-12H2,1-2H3/t14-/m0/s1. The van der Waals surface area contributed by atoms with Crippen LogP contribution >= 0.6 is 0 Å². The van der Waals surface area contributed by atoms with Crippen LogP contribution in [0.4, 0.5) is 13.2 Å². The largest absolute Gasteiger partial charge is 0.339 e. The maximum Gasteiger partial charge on any atom is 0.262 e. The minimum absolute atomic E-state index is 0.0106. The number of hydrogen-bond acceptors (Lipinski definition) is 3. The van der Waals surface area contributed by atoms with Gasteiger partial charge in [0.15, 0.2) is 0 Å². The summed E-state index contributed by atoms with van der Waals surface area (Å²) in [6.45, 7) is 1.21. The minimum Gasteiger partial charge on any atom is -0.339 e. The number of alkyl halides is 2. The quantitative estimate of drug-likeness (QED) is 0.807. The number of hydrogen-bond donors (Lipinski definition) is 0. The summed E-state index contributed by atoms with van der Waals surface area (Å²) in [6.07, 6.45) is -0.123. The average molecular weight is 355 g/mol. The first-order valence-electron chi connectivity index (χ1n) is 8.54. The van der Waals surface area contributed by atoms with Crippen molar-refractivity contribution in [3.8, 4) is 0 Å². The number of amides is 1. The van der Waals surface area contributed by atoms with E-state index >= 15 is 0 Å². The van der Waals surface area contributed by atoms with Crippen LogP contribution in [0.15, 0.2) is 24.3 Å². The highest BCUT2D eigenvalue weighted by molar-refractivity contribution is 5.79. The summed E-state index contributed by atoms with van der Waals surface area (Å²) in [5.74, 6) is -3.22. The van der Waals surface area contributed by atoms with E-state index in [1.54, 1.807) is 23.1 Å². The molecule has 0 bridgehead atoms. The molecule has 1 aromatic carbocycles. The molecule has 3 rings (SSSR count). The molecule has 25 heavy (non-hydrogen) atoms. The van der Waals surface area contributed by atoms with E-state index in [1.165, 1.54) is 6.07 Å². The molecule has 0 saturated carbocycles. The molecule has 1 amide bonds. The van der Waals surface area contributed by atoms with Crippen LogP contribution in [0.5, 0.6) is 0 Å². The summed E-state index contributed by atoms with van der Waals surface area (Å²) in [4.78, 5) is 17.7. The normalized spacial score (nSPS) is 23.9. The number of halogens is 3. The first kappa shape index (κ1) is 18.2. The molecule has 1 atom stereocenters. The molecule has 0 radical (unpaired) electrons. The molecule has 0 spiro atoms. The maximum absolute atomic E-state index is 13.8. The molecule has 4 nitrogen and oxygen atoms in total. The molecule has 1 aromatic rings. The van der Waals surface area contributed by atoms with Crippen molar-refractivity contribution in [3.05, 3.63) is 35.6 Å². The van der Waals surface area contributed by atoms with E-state index in [0.717, 1.165) is 0 Å². The Morgan fingerprint density at radius 1 is 1.28 bits per heavy atom. The van der Waals surface area contributed by atoms with Gasteiger partial charge in [-0.3, -0.25) is 9.69 Å². The number of likely N-dealkylation sites (N-methyl/N-ethyl adjacent to an activating group) is 1. The third kappa shape index (κ3) is 4.15. The third-order valence-electron chi connectivity index (χ3n) is 4.98. The van der Waals surface area contributed by atoms with E-state index in [4.69, 9.17) is 0 Å². The Bertz CT molecular complexity index is 632. The van der Waals surface area contributed by atoms with Crippen molar-refractivity contribution in [2.75, 3.05) is 40.3 Å². The predicted octanol–water partition coefficient (Wildman–Crippen LogP) is 1.85. The number of carbonyl (C=O) groups excluding carboxylic acids is 1. The fraction of sp³-hybridized carbons (Fsp3) is 0.611. The predicted molar refractivity (Wildman–Crippen MR) is 89.1 cm³/mol. The molecule has 2 saturated heterocycles. The molecule has 138 valence electrons. The van der Waals surface area contributed by atoms with Crippen molar-refractivity contribution < 1.29 is 18.0 Å². The molecular weight excluding hydrogens is 331 g/mol. The molecule has 2 aliphatic heterocycles. The Hall–Kier alpha value is -1.60. The molecule has 0 N–H and O–H groups in total. The van der Waals surface area contributed by atoms with Gasteiger partial charge in [0.05, 0.1) is 13.0 Å². The first-order chi connectivity index (χ1) is 11.7. The molecule has 0 unspecified atom stereocenters. The average Bonchev–Trinajstić information content (AvgIpc) is 2.73. The van der Waals surface area contributed by atoms with Gasteiger partial charge in [-0.1, -0.05) is 18.2 Å². The smallest absolute Gasteiger partial charge is 0.262 e. The lowest BCUT2D eigenvalue weighted by Gasteiger charge is -2.46. The highest BCUT2D eigenvalue weighted by atomic mass is 19.3. The Morgan fingerprint density at radius 3 is 2.60 bits per heavy atom. The zero-order valence-corrected chi connectivity index (χ0v) is 14.6. The number of carbonyl (C=O) groups is 1. The van der Waals surface area contributed by atoms with Gasteiger partial charge in [-0.15, -0.1) is 0 Å². The Balaban J connectivity index is 1.56. The lowest BCUT2D eigenvalue weighted by atomic mass is 10.0. The van der Waals surface area contributed by atoms with E-state index in [9.17, 15) is 18.0 Å². The highest BCUT2D eigenvalue weighted by Gasteiger charge is 2.50. The fourth-order valence-electron chi connectivity index (χ4n) is 3.73. The fourth-order valence-corrected chi connectivity index (χ4v) is 3.73. The van der Waals surface area contributed by atoms with E-state index in [2.05, 4.69) is 0 Å². The van der Waals surface area contributed by atoms with Crippen molar-refractivity contribution in [2.24, 2.45) is 0 Å². The molecule has 2 aliphatic rings. The van der Waals surface area contributed by atoms with Gasteiger partial charge >= 0.3 is 0 Å². The van der Waals surface area contributed by atoms with Crippen molar-refractivity contribution in [3.63, 3.8) is 0 Å². The lowest BCUT2D eigenvalue weighted by molar-refractivity contribution is -0.138. The van der Waals surface area contributed by atoms with E-state index in [-0.39, 0.29) is 37.4 Å². The zero-order valence-electron chi connectivity index (χ0n) is 14.6. The minimum atomic E-state index is -2.67. The number of likely N-dealkylation sites (tertiary alicyclic amines) is 2. The second-order valence-electron chi connectivity index (χ2n) is 7.37. The monoisotopic (exact) mass is 355 g/mol. The maximum atomic E-state index is 13.8. The van der Waals surface area contributed by atoms with Gasteiger partial charge in [0.25, 0.3) is 5.92 Å². The van der Waals surface area contributed by atoms with Crippen LogP contribution in [0.2, 0.25) is 0 Å². The Kier molecular flexibility index (Phi) is 5.06. The topological polar surface area (TPSA) is 26.8 Å². The van der Waals surface area contributed by atoms with Gasteiger partial charge in [0.2, 0.25) is 5.91 Å². The van der Waals surface area contributed by atoms with Gasteiger partial charge < -0.3 is 9.80 Å². The van der Waals surface area contributed by atoms with Crippen LogP contribution in [-0.2, 0) is 11.2 Å². The van der Waals surface area contributed by atoms with Crippen molar-refractivity contribution in [2.45, 2.75) is 30.8 Å². The van der Waals surface area contributed by atoms with Crippen LogP contribution < -0.4 is 0 Å². The van der Waals surface area contributed by atoms with Crippen LogP contribution in [0.1, 0.15) is 12.0 Å². The summed E-state index contributed by atoms with van der Waals surface area (Å²) < 4.78 is 41.3. The number of nitrogens with zero attached hydrogens (tertiary/aromatic N) is 3.